The molecule has 0 bridgehead atoms. The lowest BCUT2D eigenvalue weighted by atomic mass is 10.2. The molecule has 0 fully saturated rings. The third-order valence-electron chi connectivity index (χ3n) is 4.17. The van der Waals surface area contributed by atoms with Gasteiger partial charge in [-0.2, -0.15) is 13.2 Å². The number of nitrogens with one attached hydrogen (secondary N) is 1. The predicted octanol–water partition coefficient (Wildman–Crippen LogP) is 4.44. The molecule has 0 saturated heterocycles. The van der Waals surface area contributed by atoms with Gasteiger partial charge < -0.3 is 10.2 Å². The molecule has 0 aliphatic rings. The molecule has 0 radical (unpaired) electrons. The molecule has 0 spiro atoms. The Bertz CT molecular complexity index is 1150. The molecule has 7 nitrogen and oxygen atoms in total. The average molecular weight is 490 g/mol. The van der Waals surface area contributed by atoms with E-state index in [-0.39, 0.29) is 21.4 Å². The summed E-state index contributed by atoms with van der Waals surface area (Å²) in [5.41, 5.74) is -2.54. The number of carbonyl (C=O) groups excluding carboxylic acids is 2. The highest BCUT2D eigenvalue weighted by molar-refractivity contribution is 6.39. The maximum atomic E-state index is 13.7. The van der Waals surface area contributed by atoms with E-state index in [0.717, 1.165) is 36.2 Å². The maximum absolute atomic E-state index is 13.7. The van der Waals surface area contributed by atoms with Gasteiger partial charge in [0.05, 0.1) is 28.0 Å². The molecule has 0 atom stereocenters. The maximum Gasteiger partial charge on any atom is 0.435 e. The van der Waals surface area contributed by atoms with Gasteiger partial charge in [-0.25, -0.2) is 9.07 Å². The molecule has 0 saturated carbocycles. The second-order valence-electron chi connectivity index (χ2n) is 6.48. The zero-order valence-electron chi connectivity index (χ0n) is 16.1. The fourth-order valence-corrected chi connectivity index (χ4v) is 3.20. The van der Waals surface area contributed by atoms with Gasteiger partial charge in [0.15, 0.2) is 11.4 Å². The summed E-state index contributed by atoms with van der Waals surface area (Å²) in [7, 11) is 1.12. The number of hydrogen-bond donors (Lipinski definition) is 1. The first-order valence-corrected chi connectivity index (χ1v) is 9.52. The van der Waals surface area contributed by atoms with Gasteiger partial charge in [0.25, 0.3) is 5.91 Å². The fraction of sp³-hybridized carbons (Fsp3) is 0.158. The molecule has 3 aromatic rings. The second kappa shape index (κ2) is 9.13. The molecule has 1 heterocycles. The van der Waals surface area contributed by atoms with Gasteiger partial charge in [-0.15, -0.1) is 5.10 Å². The fourth-order valence-electron chi connectivity index (χ4n) is 2.71. The Kier molecular flexibility index (Phi) is 6.70. The number of para-hydroxylation sites is 1. The van der Waals surface area contributed by atoms with Crippen LogP contribution in [0.1, 0.15) is 16.2 Å². The van der Waals surface area contributed by atoms with Crippen molar-refractivity contribution in [3.63, 3.8) is 0 Å². The van der Waals surface area contributed by atoms with Crippen LogP contribution in [0.3, 0.4) is 0 Å². The van der Waals surface area contributed by atoms with E-state index in [1.807, 2.05) is 0 Å². The molecule has 0 unspecified atom stereocenters. The number of hydrogen-bond acceptors (Lipinski definition) is 4. The van der Waals surface area contributed by atoms with Crippen molar-refractivity contribution in [3.05, 3.63) is 69.7 Å². The van der Waals surface area contributed by atoms with Gasteiger partial charge in [-0.05, 0) is 36.4 Å². The van der Waals surface area contributed by atoms with Crippen molar-refractivity contribution in [2.75, 3.05) is 18.9 Å². The number of aromatic nitrogens is 3. The number of nitrogens with zero attached hydrogens (tertiary/aromatic N) is 4. The third kappa shape index (κ3) is 5.00. The van der Waals surface area contributed by atoms with Crippen molar-refractivity contribution in [3.8, 4) is 5.69 Å². The monoisotopic (exact) mass is 489 g/mol. The van der Waals surface area contributed by atoms with Crippen LogP contribution in [0.4, 0.5) is 23.2 Å². The average Bonchev–Trinajstić information content (AvgIpc) is 3.16. The Morgan fingerprint density at radius 1 is 1.09 bits per heavy atom. The summed E-state index contributed by atoms with van der Waals surface area (Å²) in [6, 6.07) is 8.49. The summed E-state index contributed by atoms with van der Waals surface area (Å²) in [5.74, 6) is -2.62. The molecule has 2 amide bonds. The zero-order valence-corrected chi connectivity index (χ0v) is 17.6. The van der Waals surface area contributed by atoms with Crippen LogP contribution in [-0.4, -0.2) is 45.3 Å². The zero-order chi connectivity index (χ0) is 23.6. The van der Waals surface area contributed by atoms with Crippen LogP contribution in [0.2, 0.25) is 10.0 Å². The van der Waals surface area contributed by atoms with Crippen molar-refractivity contribution in [1.82, 2.24) is 19.9 Å². The second-order valence-corrected chi connectivity index (χ2v) is 7.29. The van der Waals surface area contributed by atoms with Crippen molar-refractivity contribution in [1.29, 1.82) is 0 Å². The van der Waals surface area contributed by atoms with Crippen LogP contribution in [0.5, 0.6) is 0 Å². The summed E-state index contributed by atoms with van der Waals surface area (Å²) < 4.78 is 54.6. The minimum absolute atomic E-state index is 0.0971. The molecule has 168 valence electrons. The Morgan fingerprint density at radius 3 is 2.25 bits per heavy atom. The summed E-state index contributed by atoms with van der Waals surface area (Å²) in [6.45, 7) is -0.624. The van der Waals surface area contributed by atoms with E-state index < -0.39 is 41.7 Å². The first kappa shape index (κ1) is 23.5. The third-order valence-corrected chi connectivity index (χ3v) is 4.80. The molecular weight excluding hydrogens is 477 g/mol. The molecule has 2 aromatic carbocycles. The van der Waals surface area contributed by atoms with Gasteiger partial charge in [-0.1, -0.05) is 34.5 Å². The SMILES string of the molecule is CN(CC(=O)Nc1c(Cl)cccc1Cl)C(=O)c1nnn(-c2ccc(F)cc2)c1C(F)(F)F. The standard InChI is InChI=1S/C19H13Cl2F4N5O2/c1-29(9-14(31)26-15-12(20)3-2-4-13(15)21)18(32)16-17(19(23,24)25)30(28-27-16)11-7-5-10(22)6-8-11/h2-8H,9H2,1H3,(H,26,31). The van der Waals surface area contributed by atoms with E-state index in [1.165, 1.54) is 12.1 Å². The van der Waals surface area contributed by atoms with Gasteiger partial charge >= 0.3 is 6.18 Å². The van der Waals surface area contributed by atoms with Gasteiger partial charge in [0, 0.05) is 7.05 Å². The Labute approximate surface area is 188 Å². The highest BCUT2D eigenvalue weighted by Gasteiger charge is 2.42. The minimum Gasteiger partial charge on any atom is -0.331 e. The Balaban J connectivity index is 1.85. The van der Waals surface area contributed by atoms with E-state index in [0.29, 0.717) is 4.68 Å². The summed E-state index contributed by atoms with van der Waals surface area (Å²) in [4.78, 5) is 25.7. The number of likely N-dealkylation sites (N-methyl/N-ethyl adjacent to an activating group) is 1. The quantitative estimate of drug-likeness (QED) is 0.537. The van der Waals surface area contributed by atoms with E-state index in [1.54, 1.807) is 6.07 Å². The molecule has 0 aliphatic heterocycles. The van der Waals surface area contributed by atoms with E-state index in [2.05, 4.69) is 15.6 Å². The first-order chi connectivity index (χ1) is 15.0. The number of amides is 2. The Morgan fingerprint density at radius 2 is 1.69 bits per heavy atom. The number of benzene rings is 2. The van der Waals surface area contributed by atoms with E-state index in [4.69, 9.17) is 23.2 Å². The lowest BCUT2D eigenvalue weighted by Gasteiger charge is -2.18. The number of carbonyl (C=O) groups is 2. The van der Waals surface area contributed by atoms with E-state index in [9.17, 15) is 27.2 Å². The normalized spacial score (nSPS) is 11.3. The molecule has 1 aromatic heterocycles. The van der Waals surface area contributed by atoms with Crippen molar-refractivity contribution in [2.45, 2.75) is 6.18 Å². The lowest BCUT2D eigenvalue weighted by Crippen LogP contribution is -2.36. The molecule has 32 heavy (non-hydrogen) atoms. The summed E-state index contributed by atoms with van der Waals surface area (Å²) in [6.07, 6.45) is -5.02. The van der Waals surface area contributed by atoms with E-state index >= 15 is 0 Å². The number of anilines is 1. The Hall–Kier alpha value is -3.18. The highest BCUT2D eigenvalue weighted by Crippen LogP contribution is 2.33. The minimum atomic E-state index is -5.02. The van der Waals surface area contributed by atoms with Crippen LogP contribution in [0, 0.1) is 5.82 Å². The van der Waals surface area contributed by atoms with Crippen molar-refractivity contribution >= 4 is 40.7 Å². The molecule has 1 N–H and O–H groups in total. The van der Waals surface area contributed by atoms with Gasteiger partial charge in [0.2, 0.25) is 5.91 Å². The number of alkyl halides is 3. The largest absolute Gasteiger partial charge is 0.435 e. The van der Waals surface area contributed by atoms with Gasteiger partial charge in [0.1, 0.15) is 5.82 Å². The van der Waals surface area contributed by atoms with Crippen LogP contribution in [-0.2, 0) is 11.0 Å². The summed E-state index contributed by atoms with van der Waals surface area (Å²) in [5, 5.41) is 9.44. The smallest absolute Gasteiger partial charge is 0.331 e. The van der Waals surface area contributed by atoms with Crippen LogP contribution in [0.15, 0.2) is 42.5 Å². The molecular formula is C19H13Cl2F4N5O2. The predicted molar refractivity (Wildman–Crippen MR) is 108 cm³/mol. The number of rotatable bonds is 5. The number of halogens is 6. The summed E-state index contributed by atoms with van der Waals surface area (Å²) >= 11 is 11.9. The molecule has 0 aliphatic carbocycles. The van der Waals surface area contributed by atoms with Crippen LogP contribution < -0.4 is 5.32 Å². The van der Waals surface area contributed by atoms with Gasteiger partial charge in [-0.3, -0.25) is 9.59 Å². The first-order valence-electron chi connectivity index (χ1n) is 8.77. The lowest BCUT2D eigenvalue weighted by molar-refractivity contribution is -0.143. The van der Waals surface area contributed by atoms with Crippen LogP contribution >= 0.6 is 23.2 Å². The van der Waals surface area contributed by atoms with Crippen LogP contribution in [0.25, 0.3) is 5.69 Å². The van der Waals surface area contributed by atoms with Crippen molar-refractivity contribution in [2.24, 2.45) is 0 Å². The molecule has 3 rings (SSSR count). The molecule has 13 heteroatoms. The highest BCUT2D eigenvalue weighted by atomic mass is 35.5. The topological polar surface area (TPSA) is 80.1 Å². The van der Waals surface area contributed by atoms with Crippen molar-refractivity contribution < 1.29 is 27.2 Å².